The Morgan fingerprint density at radius 2 is 1.77 bits per heavy atom. The maximum Gasteiger partial charge on any atom is 0.225 e. The first kappa shape index (κ1) is 22.6. The molecule has 5 nitrogen and oxygen atoms in total. The molecule has 2 saturated heterocycles. The number of amides is 1. The number of carbonyl (C=O) groups excluding carboxylic acids is 1. The van der Waals surface area contributed by atoms with Crippen LogP contribution < -0.4 is 4.74 Å². The fourth-order valence-electron chi connectivity index (χ4n) is 5.98. The average Bonchev–Trinajstić information content (AvgIpc) is 2.82. The summed E-state index contributed by atoms with van der Waals surface area (Å²) in [5, 5.41) is 0. The molecule has 172 valence electrons. The largest absolute Gasteiger partial charge is 0.497 e. The molecule has 3 aliphatic rings. The molecule has 0 saturated carbocycles. The lowest BCUT2D eigenvalue weighted by Gasteiger charge is -2.44. The summed E-state index contributed by atoms with van der Waals surface area (Å²) in [5.74, 6) is 1.65. The fourth-order valence-corrected chi connectivity index (χ4v) is 5.98. The van der Waals surface area contributed by atoms with Crippen LogP contribution in [-0.4, -0.2) is 79.6 Å². The Hall–Kier alpha value is -1.59. The van der Waals surface area contributed by atoms with Crippen LogP contribution in [0.15, 0.2) is 18.2 Å². The molecule has 0 radical (unpaired) electrons. The molecule has 1 atom stereocenters. The lowest BCUT2D eigenvalue weighted by atomic mass is 9.85. The van der Waals surface area contributed by atoms with Crippen LogP contribution >= 0.6 is 0 Å². The molecular formula is C26H41N3O2. The molecule has 0 aromatic heterocycles. The van der Waals surface area contributed by atoms with Gasteiger partial charge in [0.15, 0.2) is 0 Å². The standard InChI is InChI=1S/C26H41N3O2/c1-4-13-29(24-7-5-20-6-8-25(31-3)19-22(20)18-24)23-11-16-28(17-12-23)26(30)21-9-14-27(2)15-10-21/h6,8,19,21,23-24H,4-5,7,9-18H2,1-3H3. The lowest BCUT2D eigenvalue weighted by Crippen LogP contribution is -2.52. The van der Waals surface area contributed by atoms with Crippen LogP contribution in [-0.2, 0) is 17.6 Å². The minimum Gasteiger partial charge on any atom is -0.497 e. The summed E-state index contributed by atoms with van der Waals surface area (Å²) < 4.78 is 5.48. The molecule has 0 spiro atoms. The summed E-state index contributed by atoms with van der Waals surface area (Å²) in [6.45, 7) is 7.46. The normalized spacial score (nSPS) is 23.7. The topological polar surface area (TPSA) is 36.0 Å². The van der Waals surface area contributed by atoms with Crippen LogP contribution in [0.25, 0.3) is 0 Å². The highest BCUT2D eigenvalue weighted by Crippen LogP contribution is 2.31. The Balaban J connectivity index is 1.36. The molecule has 2 heterocycles. The van der Waals surface area contributed by atoms with E-state index in [0.29, 0.717) is 18.0 Å². The Bertz CT molecular complexity index is 736. The highest BCUT2D eigenvalue weighted by atomic mass is 16.5. The number of aryl methyl sites for hydroxylation is 1. The third kappa shape index (κ3) is 5.25. The van der Waals surface area contributed by atoms with Crippen molar-refractivity contribution in [3.63, 3.8) is 0 Å². The Morgan fingerprint density at radius 3 is 2.45 bits per heavy atom. The smallest absolute Gasteiger partial charge is 0.225 e. The Morgan fingerprint density at radius 1 is 1.03 bits per heavy atom. The molecular weight excluding hydrogens is 386 g/mol. The molecule has 5 heteroatoms. The molecule has 1 unspecified atom stereocenters. The quantitative estimate of drug-likeness (QED) is 0.695. The monoisotopic (exact) mass is 427 g/mol. The van der Waals surface area contributed by atoms with Gasteiger partial charge in [0.2, 0.25) is 5.91 Å². The molecule has 2 aliphatic heterocycles. The van der Waals surface area contributed by atoms with Crippen molar-refractivity contribution in [1.29, 1.82) is 0 Å². The van der Waals surface area contributed by atoms with E-state index in [4.69, 9.17) is 4.74 Å². The summed E-state index contributed by atoms with van der Waals surface area (Å²) in [5.41, 5.74) is 2.96. The van der Waals surface area contributed by atoms with Crippen molar-refractivity contribution >= 4 is 5.91 Å². The zero-order valence-electron chi connectivity index (χ0n) is 19.8. The van der Waals surface area contributed by atoms with E-state index in [1.54, 1.807) is 7.11 Å². The highest BCUT2D eigenvalue weighted by Gasteiger charge is 2.34. The fraction of sp³-hybridized carbons (Fsp3) is 0.731. The van der Waals surface area contributed by atoms with Crippen LogP contribution in [0, 0.1) is 5.92 Å². The molecule has 1 aromatic rings. The number of carbonyl (C=O) groups is 1. The first-order chi connectivity index (χ1) is 15.1. The van der Waals surface area contributed by atoms with Gasteiger partial charge in [-0.15, -0.1) is 0 Å². The molecule has 2 fully saturated rings. The maximum atomic E-state index is 13.0. The average molecular weight is 428 g/mol. The van der Waals surface area contributed by atoms with Crippen molar-refractivity contribution < 1.29 is 9.53 Å². The van der Waals surface area contributed by atoms with Crippen molar-refractivity contribution in [2.75, 3.05) is 46.9 Å². The third-order valence-corrected chi connectivity index (χ3v) is 7.88. The van der Waals surface area contributed by atoms with Crippen molar-refractivity contribution in [2.45, 2.75) is 70.4 Å². The Labute approximate surface area is 188 Å². The van der Waals surface area contributed by atoms with Gasteiger partial charge < -0.3 is 14.5 Å². The van der Waals surface area contributed by atoms with Crippen LogP contribution in [0.5, 0.6) is 5.75 Å². The minimum atomic E-state index is 0.254. The first-order valence-electron chi connectivity index (χ1n) is 12.5. The number of methoxy groups -OCH3 is 1. The van der Waals surface area contributed by atoms with E-state index in [-0.39, 0.29) is 5.92 Å². The molecule has 0 N–H and O–H groups in total. The van der Waals surface area contributed by atoms with E-state index in [0.717, 1.165) is 77.0 Å². The van der Waals surface area contributed by atoms with E-state index in [1.807, 2.05) is 0 Å². The molecule has 4 rings (SSSR count). The van der Waals surface area contributed by atoms with Gasteiger partial charge in [0.25, 0.3) is 0 Å². The van der Waals surface area contributed by atoms with E-state index < -0.39 is 0 Å². The van der Waals surface area contributed by atoms with Crippen molar-refractivity contribution in [2.24, 2.45) is 5.92 Å². The number of nitrogens with zero attached hydrogens (tertiary/aromatic N) is 3. The molecule has 1 aromatic carbocycles. The Kier molecular flexibility index (Phi) is 7.55. The predicted octanol–water partition coefficient (Wildman–Crippen LogP) is 3.60. The molecule has 31 heavy (non-hydrogen) atoms. The number of ether oxygens (including phenoxy) is 1. The van der Waals surface area contributed by atoms with E-state index in [2.05, 4.69) is 46.9 Å². The van der Waals surface area contributed by atoms with Crippen LogP contribution in [0.3, 0.4) is 0 Å². The van der Waals surface area contributed by atoms with Crippen molar-refractivity contribution in [3.05, 3.63) is 29.3 Å². The lowest BCUT2D eigenvalue weighted by molar-refractivity contribution is -0.138. The number of fused-ring (bicyclic) bond motifs is 1. The number of piperidine rings is 2. The van der Waals surface area contributed by atoms with Crippen molar-refractivity contribution in [3.8, 4) is 5.75 Å². The highest BCUT2D eigenvalue weighted by molar-refractivity contribution is 5.79. The summed E-state index contributed by atoms with van der Waals surface area (Å²) in [7, 11) is 3.92. The van der Waals surface area contributed by atoms with Crippen LogP contribution in [0.1, 0.15) is 56.6 Å². The van der Waals surface area contributed by atoms with Gasteiger partial charge in [0, 0.05) is 31.1 Å². The summed E-state index contributed by atoms with van der Waals surface area (Å²) in [6.07, 6.45) is 9.03. The van der Waals surface area contributed by atoms with Gasteiger partial charge in [-0.2, -0.15) is 0 Å². The zero-order chi connectivity index (χ0) is 21.8. The number of likely N-dealkylation sites (tertiary alicyclic amines) is 2. The minimum absolute atomic E-state index is 0.254. The second-order valence-corrected chi connectivity index (χ2v) is 9.90. The van der Waals surface area contributed by atoms with Gasteiger partial charge in [0.05, 0.1) is 7.11 Å². The summed E-state index contributed by atoms with van der Waals surface area (Å²) in [6, 6.07) is 7.82. The van der Waals surface area contributed by atoms with Gasteiger partial charge in [-0.25, -0.2) is 0 Å². The van der Waals surface area contributed by atoms with Gasteiger partial charge in [0.1, 0.15) is 5.75 Å². The third-order valence-electron chi connectivity index (χ3n) is 7.88. The number of benzene rings is 1. The van der Waals surface area contributed by atoms with Crippen molar-refractivity contribution in [1.82, 2.24) is 14.7 Å². The van der Waals surface area contributed by atoms with Gasteiger partial charge in [-0.3, -0.25) is 9.69 Å². The molecule has 1 aliphatic carbocycles. The van der Waals surface area contributed by atoms with E-state index in [1.165, 1.54) is 24.0 Å². The number of hydrogen-bond acceptors (Lipinski definition) is 4. The summed E-state index contributed by atoms with van der Waals surface area (Å²) in [4.78, 5) is 20.4. The molecule has 1 amide bonds. The number of rotatable bonds is 6. The summed E-state index contributed by atoms with van der Waals surface area (Å²) >= 11 is 0. The van der Waals surface area contributed by atoms with Gasteiger partial charge in [-0.1, -0.05) is 13.0 Å². The second kappa shape index (κ2) is 10.4. The number of hydrogen-bond donors (Lipinski definition) is 0. The predicted molar refractivity (Wildman–Crippen MR) is 126 cm³/mol. The van der Waals surface area contributed by atoms with Gasteiger partial charge >= 0.3 is 0 Å². The van der Waals surface area contributed by atoms with Gasteiger partial charge in [-0.05, 0) is 101 Å². The SMILES string of the molecule is CCCN(C1CCN(C(=O)C2CCN(C)CC2)CC1)C1CCc2ccc(OC)cc2C1. The van der Waals surface area contributed by atoms with E-state index >= 15 is 0 Å². The van der Waals surface area contributed by atoms with Crippen LogP contribution in [0.4, 0.5) is 0 Å². The van der Waals surface area contributed by atoms with E-state index in [9.17, 15) is 4.79 Å². The zero-order valence-corrected chi connectivity index (χ0v) is 19.8. The second-order valence-electron chi connectivity index (χ2n) is 9.90. The first-order valence-corrected chi connectivity index (χ1v) is 12.5. The van der Waals surface area contributed by atoms with Crippen LogP contribution in [0.2, 0.25) is 0 Å². The maximum absolute atomic E-state index is 13.0. The molecule has 0 bridgehead atoms.